The van der Waals surface area contributed by atoms with Gasteiger partial charge in [-0.15, -0.1) is 0 Å². The standard InChI is InChI=1S/C15H21N3O2/c1-3-10-5-4-9(2)18(10)13-7-12-14(6-11(13)16)20-8-15(19)17-12/h6-7,9-10H,3-5,8,16H2,1-2H3,(H,17,19). The van der Waals surface area contributed by atoms with Gasteiger partial charge in [-0.2, -0.15) is 0 Å². The van der Waals surface area contributed by atoms with Gasteiger partial charge in [-0.25, -0.2) is 0 Å². The first-order chi connectivity index (χ1) is 9.60. The molecule has 1 amide bonds. The Morgan fingerprint density at radius 1 is 1.45 bits per heavy atom. The second-order valence-electron chi connectivity index (χ2n) is 5.64. The molecule has 108 valence electrons. The average molecular weight is 275 g/mol. The number of fused-ring (bicyclic) bond motifs is 1. The lowest BCUT2D eigenvalue weighted by Gasteiger charge is -2.32. The van der Waals surface area contributed by atoms with Crippen LogP contribution in [-0.4, -0.2) is 24.6 Å². The molecule has 3 N–H and O–H groups in total. The van der Waals surface area contributed by atoms with Crippen LogP contribution in [0.5, 0.6) is 5.75 Å². The molecular weight excluding hydrogens is 254 g/mol. The number of anilines is 3. The number of hydrogen-bond donors (Lipinski definition) is 2. The molecular formula is C15H21N3O2. The van der Waals surface area contributed by atoms with Gasteiger partial charge in [-0.1, -0.05) is 6.92 Å². The van der Waals surface area contributed by atoms with Gasteiger partial charge in [0.05, 0.1) is 17.1 Å². The SMILES string of the molecule is CCC1CCC(C)N1c1cc2c(cc1N)OCC(=O)N2. The van der Waals surface area contributed by atoms with E-state index in [-0.39, 0.29) is 12.5 Å². The molecule has 5 heteroatoms. The molecule has 5 nitrogen and oxygen atoms in total. The van der Waals surface area contributed by atoms with E-state index in [2.05, 4.69) is 24.1 Å². The zero-order valence-electron chi connectivity index (χ0n) is 12.0. The number of nitrogen functional groups attached to an aromatic ring is 1. The third-order valence-electron chi connectivity index (χ3n) is 4.30. The molecule has 2 heterocycles. The third kappa shape index (κ3) is 2.07. The summed E-state index contributed by atoms with van der Waals surface area (Å²) in [4.78, 5) is 13.8. The Bertz CT molecular complexity index is 544. The van der Waals surface area contributed by atoms with E-state index in [0.717, 1.165) is 17.8 Å². The number of ether oxygens (including phenoxy) is 1. The van der Waals surface area contributed by atoms with Crippen molar-refractivity contribution < 1.29 is 9.53 Å². The summed E-state index contributed by atoms with van der Waals surface area (Å²) >= 11 is 0. The first-order valence-electron chi connectivity index (χ1n) is 7.24. The number of hydrogen-bond acceptors (Lipinski definition) is 4. The van der Waals surface area contributed by atoms with E-state index in [1.807, 2.05) is 12.1 Å². The van der Waals surface area contributed by atoms with Crippen molar-refractivity contribution in [3.63, 3.8) is 0 Å². The largest absolute Gasteiger partial charge is 0.482 e. The molecule has 0 saturated carbocycles. The molecule has 0 bridgehead atoms. The fourth-order valence-corrected chi connectivity index (χ4v) is 3.26. The van der Waals surface area contributed by atoms with Crippen LogP contribution in [0.2, 0.25) is 0 Å². The lowest BCUT2D eigenvalue weighted by molar-refractivity contribution is -0.118. The van der Waals surface area contributed by atoms with E-state index in [1.165, 1.54) is 12.8 Å². The van der Waals surface area contributed by atoms with Crippen molar-refractivity contribution in [1.82, 2.24) is 0 Å². The minimum absolute atomic E-state index is 0.0590. The van der Waals surface area contributed by atoms with Crippen LogP contribution in [0, 0.1) is 0 Å². The number of nitrogens with one attached hydrogen (secondary N) is 1. The number of benzene rings is 1. The second kappa shape index (κ2) is 4.89. The van der Waals surface area contributed by atoms with Crippen LogP contribution >= 0.6 is 0 Å². The Balaban J connectivity index is 2.01. The Morgan fingerprint density at radius 3 is 3.00 bits per heavy atom. The molecule has 2 unspecified atom stereocenters. The quantitative estimate of drug-likeness (QED) is 0.813. The topological polar surface area (TPSA) is 67.6 Å². The molecule has 0 aliphatic carbocycles. The average Bonchev–Trinajstić information content (AvgIpc) is 2.79. The molecule has 1 aromatic rings. The fraction of sp³-hybridized carbons (Fsp3) is 0.533. The van der Waals surface area contributed by atoms with Crippen molar-refractivity contribution in [1.29, 1.82) is 0 Å². The summed E-state index contributed by atoms with van der Waals surface area (Å²) in [6, 6.07) is 4.76. The Morgan fingerprint density at radius 2 is 2.25 bits per heavy atom. The minimum Gasteiger partial charge on any atom is -0.482 e. The van der Waals surface area contributed by atoms with Crippen molar-refractivity contribution >= 4 is 23.0 Å². The molecule has 2 atom stereocenters. The summed E-state index contributed by atoms with van der Waals surface area (Å²) in [5.74, 6) is 0.542. The highest BCUT2D eigenvalue weighted by molar-refractivity contribution is 5.97. The van der Waals surface area contributed by atoms with Crippen LogP contribution in [-0.2, 0) is 4.79 Å². The fourth-order valence-electron chi connectivity index (χ4n) is 3.26. The lowest BCUT2D eigenvalue weighted by Crippen LogP contribution is -2.35. The van der Waals surface area contributed by atoms with Crippen molar-refractivity contribution in [2.75, 3.05) is 22.6 Å². The third-order valence-corrected chi connectivity index (χ3v) is 4.30. The minimum atomic E-state index is -0.116. The number of nitrogens with two attached hydrogens (primary N) is 1. The lowest BCUT2D eigenvalue weighted by atomic mass is 10.1. The number of carbonyl (C=O) groups excluding carboxylic acids is 1. The summed E-state index contributed by atoms with van der Waals surface area (Å²) < 4.78 is 5.40. The van der Waals surface area contributed by atoms with Crippen molar-refractivity contribution in [3.8, 4) is 5.75 Å². The number of nitrogens with zero attached hydrogens (tertiary/aromatic N) is 1. The van der Waals surface area contributed by atoms with Crippen molar-refractivity contribution in [3.05, 3.63) is 12.1 Å². The summed E-state index contributed by atoms with van der Waals surface area (Å²) in [5.41, 5.74) is 8.65. The summed E-state index contributed by atoms with van der Waals surface area (Å²) in [6.07, 6.45) is 3.47. The van der Waals surface area contributed by atoms with Gasteiger partial charge >= 0.3 is 0 Å². The highest BCUT2D eigenvalue weighted by Crippen LogP contribution is 2.41. The van der Waals surface area contributed by atoms with Crippen molar-refractivity contribution in [2.24, 2.45) is 0 Å². The molecule has 1 aromatic carbocycles. The normalized spacial score (nSPS) is 25.1. The summed E-state index contributed by atoms with van der Waals surface area (Å²) in [7, 11) is 0. The Hall–Kier alpha value is -1.91. The Labute approximate surface area is 119 Å². The summed E-state index contributed by atoms with van der Waals surface area (Å²) in [6.45, 7) is 4.49. The van der Waals surface area contributed by atoms with Gasteiger partial charge in [0.1, 0.15) is 5.75 Å². The van der Waals surface area contributed by atoms with Crippen LogP contribution in [0.4, 0.5) is 17.1 Å². The maximum Gasteiger partial charge on any atom is 0.262 e. The molecule has 0 spiro atoms. The predicted octanol–water partition coefficient (Wildman–Crippen LogP) is 2.37. The monoisotopic (exact) mass is 275 g/mol. The number of carbonyl (C=O) groups is 1. The van der Waals surface area contributed by atoms with E-state index in [0.29, 0.717) is 23.5 Å². The highest BCUT2D eigenvalue weighted by atomic mass is 16.5. The molecule has 1 fully saturated rings. The maximum atomic E-state index is 11.4. The van der Waals surface area contributed by atoms with E-state index in [9.17, 15) is 4.79 Å². The molecule has 2 aliphatic rings. The van der Waals surface area contributed by atoms with Gasteiger partial charge in [-0.05, 0) is 32.3 Å². The van der Waals surface area contributed by atoms with Gasteiger partial charge in [0.2, 0.25) is 0 Å². The van der Waals surface area contributed by atoms with Crippen LogP contribution in [0.15, 0.2) is 12.1 Å². The van der Waals surface area contributed by atoms with E-state index >= 15 is 0 Å². The van der Waals surface area contributed by atoms with Crippen LogP contribution in [0.3, 0.4) is 0 Å². The molecule has 0 radical (unpaired) electrons. The van der Waals surface area contributed by atoms with Gasteiger partial charge in [0.15, 0.2) is 6.61 Å². The number of rotatable bonds is 2. The smallest absolute Gasteiger partial charge is 0.262 e. The predicted molar refractivity (Wildman–Crippen MR) is 80.2 cm³/mol. The molecule has 1 saturated heterocycles. The molecule has 0 aromatic heterocycles. The zero-order chi connectivity index (χ0) is 14.3. The van der Waals surface area contributed by atoms with Crippen molar-refractivity contribution in [2.45, 2.75) is 45.2 Å². The van der Waals surface area contributed by atoms with E-state index in [1.54, 1.807) is 0 Å². The Kier molecular flexibility index (Phi) is 3.20. The van der Waals surface area contributed by atoms with Crippen LogP contribution in [0.1, 0.15) is 33.1 Å². The summed E-state index contributed by atoms with van der Waals surface area (Å²) in [5, 5.41) is 2.85. The molecule has 3 rings (SSSR count). The first-order valence-corrected chi connectivity index (χ1v) is 7.24. The van der Waals surface area contributed by atoms with E-state index < -0.39 is 0 Å². The molecule has 20 heavy (non-hydrogen) atoms. The molecule has 2 aliphatic heterocycles. The van der Waals surface area contributed by atoms with E-state index in [4.69, 9.17) is 10.5 Å². The van der Waals surface area contributed by atoms with Gasteiger partial charge < -0.3 is 20.7 Å². The maximum absolute atomic E-state index is 11.4. The van der Waals surface area contributed by atoms with Gasteiger partial charge in [0, 0.05) is 18.2 Å². The second-order valence-corrected chi connectivity index (χ2v) is 5.64. The van der Waals surface area contributed by atoms with Gasteiger partial charge in [-0.3, -0.25) is 4.79 Å². The van der Waals surface area contributed by atoms with Gasteiger partial charge in [0.25, 0.3) is 5.91 Å². The zero-order valence-corrected chi connectivity index (χ0v) is 12.0. The van der Waals surface area contributed by atoms with Crippen LogP contribution in [0.25, 0.3) is 0 Å². The van der Waals surface area contributed by atoms with Crippen LogP contribution < -0.4 is 20.7 Å². The highest BCUT2D eigenvalue weighted by Gasteiger charge is 2.31. The first kappa shape index (κ1) is 13.1. The number of amides is 1.